The molecule has 2 aromatic carbocycles. The van der Waals surface area contributed by atoms with Gasteiger partial charge in [-0.2, -0.15) is 5.26 Å². The Hall–Kier alpha value is -2.98. The summed E-state index contributed by atoms with van der Waals surface area (Å²) in [6, 6.07) is 11.9. The molecule has 0 aliphatic rings. The van der Waals surface area contributed by atoms with Gasteiger partial charge >= 0.3 is 0 Å². The highest BCUT2D eigenvalue weighted by molar-refractivity contribution is 9.10. The number of phenols is 1. The first-order valence-electron chi connectivity index (χ1n) is 7.12. The molecule has 2 aromatic rings. The van der Waals surface area contributed by atoms with Crippen LogP contribution in [0.1, 0.15) is 5.56 Å². The smallest absolute Gasteiger partial charge is 0.266 e. The SMILES string of the molecule is COc1cc(C=C(C#N)C(=O)Nc2ccc(Br)cc2)cc(OC)c1O. The van der Waals surface area contributed by atoms with Gasteiger partial charge in [0.25, 0.3) is 5.91 Å². The number of anilines is 1. The first-order chi connectivity index (χ1) is 12.0. The van der Waals surface area contributed by atoms with Crippen LogP contribution in [0.25, 0.3) is 6.08 Å². The number of benzene rings is 2. The number of rotatable bonds is 5. The van der Waals surface area contributed by atoms with Crippen LogP contribution in [0.15, 0.2) is 46.4 Å². The van der Waals surface area contributed by atoms with Gasteiger partial charge in [0.1, 0.15) is 11.6 Å². The van der Waals surface area contributed by atoms with Crippen molar-refractivity contribution in [2.45, 2.75) is 0 Å². The molecule has 2 rings (SSSR count). The lowest BCUT2D eigenvalue weighted by Gasteiger charge is -2.10. The van der Waals surface area contributed by atoms with Crippen molar-refractivity contribution in [3.05, 3.63) is 52.0 Å². The average Bonchev–Trinajstić information content (AvgIpc) is 2.62. The fourth-order valence-corrected chi connectivity index (χ4v) is 2.31. The number of carbonyl (C=O) groups excluding carboxylic acids is 1. The molecule has 0 fully saturated rings. The molecule has 0 unspecified atom stereocenters. The summed E-state index contributed by atoms with van der Waals surface area (Å²) in [5.74, 6) is -0.344. The Morgan fingerprint density at radius 1 is 1.20 bits per heavy atom. The second-order valence-electron chi connectivity index (χ2n) is 4.90. The van der Waals surface area contributed by atoms with Crippen molar-refractivity contribution in [1.29, 1.82) is 5.26 Å². The van der Waals surface area contributed by atoms with Crippen molar-refractivity contribution in [2.24, 2.45) is 0 Å². The molecular weight excluding hydrogens is 388 g/mol. The Kier molecular flexibility index (Phi) is 6.03. The second-order valence-corrected chi connectivity index (χ2v) is 5.82. The number of hydrogen-bond donors (Lipinski definition) is 2. The van der Waals surface area contributed by atoms with Crippen molar-refractivity contribution < 1.29 is 19.4 Å². The van der Waals surface area contributed by atoms with E-state index in [1.54, 1.807) is 24.3 Å². The van der Waals surface area contributed by atoms with Gasteiger partial charge < -0.3 is 19.9 Å². The topological polar surface area (TPSA) is 91.6 Å². The van der Waals surface area contributed by atoms with Crippen LogP contribution in [0.3, 0.4) is 0 Å². The number of nitrogens with zero attached hydrogens (tertiary/aromatic N) is 1. The largest absolute Gasteiger partial charge is 0.502 e. The van der Waals surface area contributed by atoms with E-state index in [1.807, 2.05) is 6.07 Å². The minimum absolute atomic E-state index is 0.0993. The van der Waals surface area contributed by atoms with Crippen LogP contribution >= 0.6 is 15.9 Å². The summed E-state index contributed by atoms with van der Waals surface area (Å²) in [4.78, 5) is 12.3. The number of aromatic hydroxyl groups is 1. The third-order valence-corrected chi connectivity index (χ3v) is 3.81. The highest BCUT2D eigenvalue weighted by atomic mass is 79.9. The van der Waals surface area contributed by atoms with Crippen LogP contribution in [0.5, 0.6) is 17.2 Å². The first kappa shape index (κ1) is 18.4. The average molecular weight is 403 g/mol. The van der Waals surface area contributed by atoms with Gasteiger partial charge in [0.05, 0.1) is 14.2 Å². The number of amides is 1. The molecule has 0 atom stereocenters. The van der Waals surface area contributed by atoms with Gasteiger partial charge in [-0.15, -0.1) is 0 Å². The third-order valence-electron chi connectivity index (χ3n) is 3.28. The van der Waals surface area contributed by atoms with Crippen molar-refractivity contribution >= 4 is 33.6 Å². The number of carbonyl (C=O) groups is 1. The van der Waals surface area contributed by atoms with Crippen molar-refractivity contribution in [2.75, 3.05) is 19.5 Å². The highest BCUT2D eigenvalue weighted by Crippen LogP contribution is 2.37. The Labute approximate surface area is 153 Å². The van der Waals surface area contributed by atoms with E-state index in [0.29, 0.717) is 11.3 Å². The van der Waals surface area contributed by atoms with Gasteiger partial charge in [-0.25, -0.2) is 0 Å². The summed E-state index contributed by atoms with van der Waals surface area (Å²) in [5.41, 5.74) is 0.946. The van der Waals surface area contributed by atoms with Crippen molar-refractivity contribution in [3.63, 3.8) is 0 Å². The first-order valence-corrected chi connectivity index (χ1v) is 7.91. The Balaban J connectivity index is 2.32. The molecule has 0 radical (unpaired) electrons. The normalized spacial score (nSPS) is 10.7. The van der Waals surface area contributed by atoms with Crippen LogP contribution < -0.4 is 14.8 Å². The van der Waals surface area contributed by atoms with E-state index in [1.165, 1.54) is 32.4 Å². The zero-order chi connectivity index (χ0) is 18.4. The van der Waals surface area contributed by atoms with Crippen molar-refractivity contribution in [1.82, 2.24) is 0 Å². The maximum Gasteiger partial charge on any atom is 0.266 e. The number of nitriles is 1. The van der Waals surface area contributed by atoms with Crippen LogP contribution in [0.2, 0.25) is 0 Å². The molecule has 0 heterocycles. The summed E-state index contributed by atoms with van der Waals surface area (Å²) >= 11 is 3.31. The third kappa shape index (κ3) is 4.52. The Bertz CT molecular complexity index is 829. The van der Waals surface area contributed by atoms with E-state index >= 15 is 0 Å². The summed E-state index contributed by atoms with van der Waals surface area (Å²) in [7, 11) is 2.79. The highest BCUT2D eigenvalue weighted by Gasteiger charge is 2.13. The number of hydrogen-bond acceptors (Lipinski definition) is 5. The molecule has 0 saturated heterocycles. The molecule has 0 aromatic heterocycles. The molecule has 0 bridgehead atoms. The lowest BCUT2D eigenvalue weighted by molar-refractivity contribution is -0.112. The van der Waals surface area contributed by atoms with Crippen LogP contribution in [-0.4, -0.2) is 25.2 Å². The molecule has 0 aliphatic heterocycles. The molecule has 1 amide bonds. The molecule has 0 aliphatic carbocycles. The van der Waals surface area contributed by atoms with Gasteiger partial charge in [-0.3, -0.25) is 4.79 Å². The van der Waals surface area contributed by atoms with Crippen LogP contribution in [0.4, 0.5) is 5.69 Å². The monoisotopic (exact) mass is 402 g/mol. The summed E-state index contributed by atoms with van der Waals surface area (Å²) in [5, 5.41) is 21.8. The minimum atomic E-state index is -0.546. The molecule has 6 nitrogen and oxygen atoms in total. The van der Waals surface area contributed by atoms with E-state index in [9.17, 15) is 15.2 Å². The number of ether oxygens (including phenoxy) is 2. The number of nitrogens with one attached hydrogen (secondary N) is 1. The van der Waals surface area contributed by atoms with Gasteiger partial charge in [-0.1, -0.05) is 15.9 Å². The molecule has 0 saturated carbocycles. The fourth-order valence-electron chi connectivity index (χ4n) is 2.04. The van der Waals surface area contributed by atoms with Gasteiger partial charge in [0.15, 0.2) is 11.5 Å². The number of phenolic OH excluding ortho intramolecular Hbond substituents is 1. The van der Waals surface area contributed by atoms with E-state index in [4.69, 9.17) is 9.47 Å². The van der Waals surface area contributed by atoms with E-state index < -0.39 is 5.91 Å². The lowest BCUT2D eigenvalue weighted by Crippen LogP contribution is -2.13. The van der Waals surface area contributed by atoms with Crippen LogP contribution in [0, 0.1) is 11.3 Å². The summed E-state index contributed by atoms with van der Waals surface area (Å²) < 4.78 is 11.0. The number of halogens is 1. The quantitative estimate of drug-likeness (QED) is 0.587. The predicted octanol–water partition coefficient (Wildman–Crippen LogP) is 3.72. The zero-order valence-corrected chi connectivity index (χ0v) is 15.1. The van der Waals surface area contributed by atoms with Gasteiger partial charge in [0, 0.05) is 10.2 Å². The van der Waals surface area contributed by atoms with Gasteiger partial charge in [-0.05, 0) is 48.0 Å². The van der Waals surface area contributed by atoms with Crippen LogP contribution in [-0.2, 0) is 4.79 Å². The van der Waals surface area contributed by atoms with E-state index in [0.717, 1.165) is 4.47 Å². The molecule has 2 N–H and O–H groups in total. The predicted molar refractivity (Wildman–Crippen MR) is 97.6 cm³/mol. The summed E-state index contributed by atoms with van der Waals surface area (Å²) in [6.45, 7) is 0. The Morgan fingerprint density at radius 2 is 1.76 bits per heavy atom. The van der Waals surface area contributed by atoms with E-state index in [-0.39, 0.29) is 22.8 Å². The molecule has 128 valence electrons. The zero-order valence-electron chi connectivity index (χ0n) is 13.5. The molecule has 7 heteroatoms. The second kappa shape index (κ2) is 8.22. The minimum Gasteiger partial charge on any atom is -0.502 e. The maximum atomic E-state index is 12.3. The molecule has 25 heavy (non-hydrogen) atoms. The van der Waals surface area contributed by atoms with Crippen molar-refractivity contribution in [3.8, 4) is 23.3 Å². The fraction of sp³-hybridized carbons (Fsp3) is 0.111. The Morgan fingerprint density at radius 3 is 2.24 bits per heavy atom. The maximum absolute atomic E-state index is 12.3. The summed E-state index contributed by atoms with van der Waals surface area (Å²) in [6.07, 6.45) is 1.39. The molecule has 0 spiro atoms. The standard InChI is InChI=1S/C18H15BrN2O4/c1-24-15-8-11(9-16(25-2)17(15)22)7-12(10-20)18(23)21-14-5-3-13(19)4-6-14/h3-9,22H,1-2H3,(H,21,23). The number of methoxy groups -OCH3 is 2. The van der Waals surface area contributed by atoms with Gasteiger partial charge in [0.2, 0.25) is 5.75 Å². The molecular formula is C18H15BrN2O4. The lowest BCUT2D eigenvalue weighted by atomic mass is 10.1. The van der Waals surface area contributed by atoms with E-state index in [2.05, 4.69) is 21.2 Å².